The molecule has 1 atom stereocenters. The van der Waals surface area contributed by atoms with E-state index in [1.807, 2.05) is 6.92 Å². The Morgan fingerprint density at radius 1 is 1.41 bits per heavy atom. The van der Waals surface area contributed by atoms with Crippen molar-refractivity contribution in [1.82, 2.24) is 5.32 Å². The van der Waals surface area contributed by atoms with Crippen molar-refractivity contribution in [3.8, 4) is 0 Å². The van der Waals surface area contributed by atoms with Crippen molar-refractivity contribution in [3.05, 3.63) is 0 Å². The Morgan fingerprint density at radius 3 is 2.47 bits per heavy atom. The van der Waals surface area contributed by atoms with Crippen LogP contribution in [0.25, 0.3) is 0 Å². The highest BCUT2D eigenvalue weighted by molar-refractivity contribution is 5.84. The average molecular weight is 242 g/mol. The molecular weight excluding hydrogens is 220 g/mol. The molecule has 0 aromatic rings. The first-order chi connectivity index (χ1) is 7.97. The zero-order chi connectivity index (χ0) is 12.9. The standard InChI is InChI=1S/C12H22N2O3/c1-2-5-9(11(16)17)14-10(15)8-12(13)6-3-4-7-12/h9H,2-8,13H2,1H3,(H,14,15)(H,16,17)/t9-/m0/s1. The van der Waals surface area contributed by atoms with Crippen molar-refractivity contribution in [3.63, 3.8) is 0 Å². The summed E-state index contributed by atoms with van der Waals surface area (Å²) >= 11 is 0. The lowest BCUT2D eigenvalue weighted by atomic mass is 9.94. The molecule has 1 saturated carbocycles. The number of rotatable bonds is 6. The highest BCUT2D eigenvalue weighted by atomic mass is 16.4. The van der Waals surface area contributed by atoms with Crippen molar-refractivity contribution in [2.24, 2.45) is 5.73 Å². The van der Waals surface area contributed by atoms with Gasteiger partial charge in [0.15, 0.2) is 0 Å². The maximum absolute atomic E-state index is 11.7. The van der Waals surface area contributed by atoms with Crippen LogP contribution in [-0.2, 0) is 9.59 Å². The molecular formula is C12H22N2O3. The topological polar surface area (TPSA) is 92.4 Å². The molecule has 4 N–H and O–H groups in total. The number of carbonyl (C=O) groups excluding carboxylic acids is 1. The smallest absolute Gasteiger partial charge is 0.326 e. The Kier molecular flexibility index (Phi) is 4.93. The van der Waals surface area contributed by atoms with Gasteiger partial charge in [0.2, 0.25) is 5.91 Å². The van der Waals surface area contributed by atoms with Crippen molar-refractivity contribution in [2.75, 3.05) is 0 Å². The molecule has 1 aliphatic rings. The molecule has 1 amide bonds. The van der Waals surface area contributed by atoms with Crippen LogP contribution in [0.3, 0.4) is 0 Å². The van der Waals surface area contributed by atoms with Crippen LogP contribution in [-0.4, -0.2) is 28.6 Å². The quantitative estimate of drug-likeness (QED) is 0.648. The van der Waals surface area contributed by atoms with Gasteiger partial charge in [-0.3, -0.25) is 4.79 Å². The minimum Gasteiger partial charge on any atom is -0.480 e. The van der Waals surface area contributed by atoms with Gasteiger partial charge in [-0.05, 0) is 19.3 Å². The molecule has 0 unspecified atom stereocenters. The number of nitrogens with one attached hydrogen (secondary N) is 1. The second kappa shape index (κ2) is 6.00. The largest absolute Gasteiger partial charge is 0.480 e. The number of carboxylic acid groups (broad SMARTS) is 1. The molecule has 0 aromatic heterocycles. The van der Waals surface area contributed by atoms with E-state index in [9.17, 15) is 9.59 Å². The summed E-state index contributed by atoms with van der Waals surface area (Å²) < 4.78 is 0. The number of aliphatic carboxylic acids is 1. The van der Waals surface area contributed by atoms with Crippen LogP contribution in [0.4, 0.5) is 0 Å². The highest BCUT2D eigenvalue weighted by Gasteiger charge is 2.32. The molecule has 17 heavy (non-hydrogen) atoms. The number of hydrogen-bond acceptors (Lipinski definition) is 3. The summed E-state index contributed by atoms with van der Waals surface area (Å²) in [5.41, 5.74) is 5.66. The Balaban J connectivity index is 2.44. The van der Waals surface area contributed by atoms with E-state index in [4.69, 9.17) is 10.8 Å². The molecule has 0 heterocycles. The van der Waals surface area contributed by atoms with E-state index < -0.39 is 17.6 Å². The molecule has 0 spiro atoms. The van der Waals surface area contributed by atoms with E-state index in [-0.39, 0.29) is 12.3 Å². The lowest BCUT2D eigenvalue weighted by molar-refractivity contribution is -0.142. The summed E-state index contributed by atoms with van der Waals surface area (Å²) in [5, 5.41) is 11.5. The van der Waals surface area contributed by atoms with Crippen LogP contribution in [0.5, 0.6) is 0 Å². The molecule has 5 heteroatoms. The van der Waals surface area contributed by atoms with Gasteiger partial charge in [0.05, 0.1) is 0 Å². The summed E-state index contributed by atoms with van der Waals surface area (Å²) in [6, 6.07) is -0.780. The van der Waals surface area contributed by atoms with Crippen LogP contribution in [0.1, 0.15) is 51.9 Å². The van der Waals surface area contributed by atoms with Crippen molar-refractivity contribution >= 4 is 11.9 Å². The van der Waals surface area contributed by atoms with E-state index in [0.717, 1.165) is 32.1 Å². The van der Waals surface area contributed by atoms with Gasteiger partial charge in [0, 0.05) is 12.0 Å². The van der Waals surface area contributed by atoms with Crippen molar-refractivity contribution in [1.29, 1.82) is 0 Å². The van der Waals surface area contributed by atoms with E-state index in [1.165, 1.54) is 0 Å². The fourth-order valence-electron chi connectivity index (χ4n) is 2.37. The van der Waals surface area contributed by atoms with Gasteiger partial charge in [0.25, 0.3) is 0 Å². The third-order valence-electron chi connectivity index (χ3n) is 3.32. The van der Waals surface area contributed by atoms with Crippen LogP contribution in [0.2, 0.25) is 0 Å². The monoisotopic (exact) mass is 242 g/mol. The molecule has 98 valence electrons. The molecule has 0 aromatic carbocycles. The molecule has 0 saturated heterocycles. The van der Waals surface area contributed by atoms with Gasteiger partial charge in [-0.2, -0.15) is 0 Å². The first-order valence-corrected chi connectivity index (χ1v) is 6.28. The Bertz CT molecular complexity index is 285. The minimum atomic E-state index is -0.974. The van der Waals surface area contributed by atoms with E-state index in [1.54, 1.807) is 0 Å². The third kappa shape index (κ3) is 4.34. The number of carboxylic acids is 1. The SMILES string of the molecule is CCC[C@H](NC(=O)CC1(N)CCCC1)C(=O)O. The number of nitrogens with two attached hydrogens (primary N) is 1. The molecule has 0 radical (unpaired) electrons. The molecule has 0 aliphatic heterocycles. The van der Waals surface area contributed by atoms with Crippen LogP contribution < -0.4 is 11.1 Å². The number of amides is 1. The molecule has 1 rings (SSSR count). The number of hydrogen-bond donors (Lipinski definition) is 3. The lowest BCUT2D eigenvalue weighted by Gasteiger charge is -2.23. The fourth-order valence-corrected chi connectivity index (χ4v) is 2.37. The van der Waals surface area contributed by atoms with Crippen molar-refractivity contribution in [2.45, 2.75) is 63.5 Å². The summed E-state index contributed by atoms with van der Waals surface area (Å²) in [7, 11) is 0. The second-order valence-electron chi connectivity index (χ2n) is 4.99. The zero-order valence-corrected chi connectivity index (χ0v) is 10.4. The normalized spacial score (nSPS) is 19.9. The van der Waals surface area contributed by atoms with Crippen LogP contribution in [0, 0.1) is 0 Å². The van der Waals surface area contributed by atoms with E-state index >= 15 is 0 Å². The first-order valence-electron chi connectivity index (χ1n) is 6.28. The molecule has 1 aliphatic carbocycles. The van der Waals surface area contributed by atoms with Crippen LogP contribution >= 0.6 is 0 Å². The Hall–Kier alpha value is -1.10. The third-order valence-corrected chi connectivity index (χ3v) is 3.32. The van der Waals surface area contributed by atoms with Gasteiger partial charge in [-0.1, -0.05) is 26.2 Å². The number of carbonyl (C=O) groups is 2. The van der Waals surface area contributed by atoms with Gasteiger partial charge < -0.3 is 16.2 Å². The Labute approximate surface area is 102 Å². The van der Waals surface area contributed by atoms with E-state index in [0.29, 0.717) is 6.42 Å². The molecule has 5 nitrogen and oxygen atoms in total. The second-order valence-corrected chi connectivity index (χ2v) is 4.99. The van der Waals surface area contributed by atoms with Gasteiger partial charge >= 0.3 is 5.97 Å². The maximum Gasteiger partial charge on any atom is 0.326 e. The zero-order valence-electron chi connectivity index (χ0n) is 10.4. The van der Waals surface area contributed by atoms with E-state index in [2.05, 4.69) is 5.32 Å². The maximum atomic E-state index is 11.7. The summed E-state index contributed by atoms with van der Waals surface area (Å²) in [4.78, 5) is 22.6. The summed E-state index contributed by atoms with van der Waals surface area (Å²) in [6.07, 6.45) is 5.24. The minimum absolute atomic E-state index is 0.237. The lowest BCUT2D eigenvalue weighted by Crippen LogP contribution is -2.46. The first kappa shape index (κ1) is 14.0. The summed E-state index contributed by atoms with van der Waals surface area (Å²) in [5.74, 6) is -1.21. The highest BCUT2D eigenvalue weighted by Crippen LogP contribution is 2.29. The fraction of sp³-hybridized carbons (Fsp3) is 0.833. The van der Waals surface area contributed by atoms with Gasteiger partial charge in [-0.15, -0.1) is 0 Å². The summed E-state index contributed by atoms with van der Waals surface area (Å²) in [6.45, 7) is 1.89. The molecule has 0 bridgehead atoms. The predicted octanol–water partition coefficient (Wildman–Crippen LogP) is 1.02. The average Bonchev–Trinajstić information content (AvgIpc) is 2.63. The predicted molar refractivity (Wildman–Crippen MR) is 64.5 cm³/mol. The van der Waals surface area contributed by atoms with Gasteiger partial charge in [0.1, 0.15) is 6.04 Å². The molecule has 1 fully saturated rings. The van der Waals surface area contributed by atoms with Gasteiger partial charge in [-0.25, -0.2) is 4.79 Å². The van der Waals surface area contributed by atoms with Crippen LogP contribution in [0.15, 0.2) is 0 Å². The Morgan fingerprint density at radius 2 is 2.00 bits per heavy atom. The van der Waals surface area contributed by atoms with Crippen molar-refractivity contribution < 1.29 is 14.7 Å².